The molecule has 2 N–H and O–H groups in total. The lowest BCUT2D eigenvalue weighted by molar-refractivity contribution is 0.319. The molecule has 0 aliphatic carbocycles. The molecule has 0 bridgehead atoms. The fourth-order valence-corrected chi connectivity index (χ4v) is 1.58. The van der Waals surface area contributed by atoms with Gasteiger partial charge >= 0.3 is 0 Å². The summed E-state index contributed by atoms with van der Waals surface area (Å²) < 4.78 is 50.3. The average Bonchev–Trinajstić information content (AvgIpc) is 2.39. The van der Waals surface area contributed by atoms with Crippen LogP contribution >= 0.6 is 0 Å². The van der Waals surface area contributed by atoms with Gasteiger partial charge in [0.1, 0.15) is 5.82 Å². The molecular weight excluding hydrogens is 271 g/mol. The Bertz CT molecular complexity index is 632. The summed E-state index contributed by atoms with van der Waals surface area (Å²) in [4.78, 5) is 0. The molecule has 20 heavy (non-hydrogen) atoms. The van der Waals surface area contributed by atoms with Crippen LogP contribution in [-0.2, 0) is 0 Å². The van der Waals surface area contributed by atoms with Crippen molar-refractivity contribution in [1.29, 1.82) is 0 Å². The molecular formula is C14H12F3NO2. The van der Waals surface area contributed by atoms with Crippen molar-refractivity contribution in [2.45, 2.75) is 6.92 Å². The number of nitrogen functional groups attached to an aromatic ring is 1. The molecule has 0 spiro atoms. The van der Waals surface area contributed by atoms with E-state index in [-0.39, 0.29) is 29.5 Å². The lowest BCUT2D eigenvalue weighted by atomic mass is 10.2. The van der Waals surface area contributed by atoms with Crippen molar-refractivity contribution in [2.24, 2.45) is 0 Å². The third kappa shape index (κ3) is 2.96. The third-order valence-corrected chi connectivity index (χ3v) is 2.48. The van der Waals surface area contributed by atoms with E-state index in [0.29, 0.717) is 0 Å². The third-order valence-electron chi connectivity index (χ3n) is 2.48. The molecule has 0 unspecified atom stereocenters. The summed E-state index contributed by atoms with van der Waals surface area (Å²) in [6, 6.07) is 4.95. The molecule has 106 valence electrons. The van der Waals surface area contributed by atoms with E-state index in [1.54, 1.807) is 6.92 Å². The van der Waals surface area contributed by atoms with E-state index in [2.05, 4.69) is 0 Å². The maximum absolute atomic E-state index is 13.5. The highest BCUT2D eigenvalue weighted by molar-refractivity contribution is 5.57. The summed E-state index contributed by atoms with van der Waals surface area (Å²) in [6.45, 7) is 1.93. The molecule has 0 aliphatic rings. The van der Waals surface area contributed by atoms with Crippen LogP contribution in [0.2, 0.25) is 0 Å². The Kier molecular flexibility index (Phi) is 4.02. The minimum atomic E-state index is -0.756. The monoisotopic (exact) mass is 283 g/mol. The topological polar surface area (TPSA) is 44.5 Å². The number of halogens is 3. The summed E-state index contributed by atoms with van der Waals surface area (Å²) in [6.07, 6.45) is 0. The molecule has 2 aromatic carbocycles. The minimum Gasteiger partial charge on any atom is -0.491 e. The second-order valence-corrected chi connectivity index (χ2v) is 3.93. The Hall–Kier alpha value is -2.37. The van der Waals surface area contributed by atoms with Crippen LogP contribution in [-0.4, -0.2) is 6.61 Å². The minimum absolute atomic E-state index is 0.0145. The second-order valence-electron chi connectivity index (χ2n) is 3.93. The van der Waals surface area contributed by atoms with Gasteiger partial charge in [-0.2, -0.15) is 0 Å². The largest absolute Gasteiger partial charge is 0.491 e. The Morgan fingerprint density at radius 3 is 2.40 bits per heavy atom. The molecule has 0 heterocycles. The highest BCUT2D eigenvalue weighted by Gasteiger charge is 2.13. The molecule has 0 radical (unpaired) electrons. The Labute approximate surface area is 113 Å². The van der Waals surface area contributed by atoms with E-state index in [0.717, 1.165) is 24.3 Å². The quantitative estimate of drug-likeness (QED) is 0.866. The van der Waals surface area contributed by atoms with Crippen LogP contribution < -0.4 is 15.2 Å². The normalized spacial score (nSPS) is 10.4. The van der Waals surface area contributed by atoms with Crippen LogP contribution in [0.5, 0.6) is 17.2 Å². The molecule has 3 nitrogen and oxygen atoms in total. The number of anilines is 1. The van der Waals surface area contributed by atoms with Crippen molar-refractivity contribution >= 4 is 5.69 Å². The number of benzene rings is 2. The summed E-state index contributed by atoms with van der Waals surface area (Å²) >= 11 is 0. The molecule has 0 saturated carbocycles. The zero-order valence-electron chi connectivity index (χ0n) is 10.6. The first-order valence-corrected chi connectivity index (χ1v) is 5.86. The van der Waals surface area contributed by atoms with Gasteiger partial charge < -0.3 is 15.2 Å². The molecule has 0 aliphatic heterocycles. The molecule has 0 saturated heterocycles. The van der Waals surface area contributed by atoms with Gasteiger partial charge in [0.2, 0.25) is 0 Å². The van der Waals surface area contributed by atoms with Gasteiger partial charge in [0.05, 0.1) is 12.3 Å². The lowest BCUT2D eigenvalue weighted by Crippen LogP contribution is -1.99. The van der Waals surface area contributed by atoms with Gasteiger partial charge in [-0.05, 0) is 19.1 Å². The number of ether oxygens (including phenoxy) is 2. The number of nitrogens with two attached hydrogens (primary N) is 1. The van der Waals surface area contributed by atoms with Gasteiger partial charge in [-0.3, -0.25) is 0 Å². The molecule has 0 atom stereocenters. The van der Waals surface area contributed by atoms with Gasteiger partial charge in [-0.1, -0.05) is 0 Å². The van der Waals surface area contributed by atoms with Crippen LogP contribution in [0.25, 0.3) is 0 Å². The van der Waals surface area contributed by atoms with E-state index < -0.39 is 17.5 Å². The molecule has 2 rings (SSSR count). The highest BCUT2D eigenvalue weighted by atomic mass is 19.1. The number of hydrogen-bond acceptors (Lipinski definition) is 3. The second kappa shape index (κ2) is 5.73. The van der Waals surface area contributed by atoms with Gasteiger partial charge in [0.25, 0.3) is 0 Å². The Balaban J connectivity index is 2.37. The van der Waals surface area contributed by atoms with E-state index >= 15 is 0 Å². The maximum atomic E-state index is 13.5. The lowest BCUT2D eigenvalue weighted by Gasteiger charge is -2.12. The summed E-state index contributed by atoms with van der Waals surface area (Å²) in [5.74, 6) is -2.50. The summed E-state index contributed by atoms with van der Waals surface area (Å²) in [7, 11) is 0. The Morgan fingerprint density at radius 1 is 0.950 bits per heavy atom. The average molecular weight is 283 g/mol. The van der Waals surface area contributed by atoms with Crippen molar-refractivity contribution in [3.8, 4) is 17.2 Å². The zero-order valence-corrected chi connectivity index (χ0v) is 10.6. The van der Waals surface area contributed by atoms with E-state index in [1.807, 2.05) is 0 Å². The molecule has 6 heteroatoms. The predicted octanol–water partition coefficient (Wildman–Crippen LogP) is 3.88. The van der Waals surface area contributed by atoms with Gasteiger partial charge in [0.15, 0.2) is 28.9 Å². The van der Waals surface area contributed by atoms with Crippen molar-refractivity contribution in [3.05, 3.63) is 47.8 Å². The SMILES string of the molecule is CCOc1cc(Oc2cc(F)ccc2F)c(N)cc1F. The van der Waals surface area contributed by atoms with Gasteiger partial charge in [-0.15, -0.1) is 0 Å². The first-order chi connectivity index (χ1) is 9.51. The molecule has 2 aromatic rings. The fraction of sp³-hybridized carbons (Fsp3) is 0.143. The molecule has 0 fully saturated rings. The van der Waals surface area contributed by atoms with Crippen molar-refractivity contribution in [1.82, 2.24) is 0 Å². The fourth-order valence-electron chi connectivity index (χ4n) is 1.58. The van der Waals surface area contributed by atoms with Crippen molar-refractivity contribution < 1.29 is 22.6 Å². The van der Waals surface area contributed by atoms with E-state index in [9.17, 15) is 13.2 Å². The Morgan fingerprint density at radius 2 is 1.70 bits per heavy atom. The number of rotatable bonds is 4. The van der Waals surface area contributed by atoms with Crippen molar-refractivity contribution in [2.75, 3.05) is 12.3 Å². The molecule has 0 aromatic heterocycles. The van der Waals surface area contributed by atoms with Gasteiger partial charge in [-0.25, -0.2) is 13.2 Å². The zero-order chi connectivity index (χ0) is 14.7. The first-order valence-electron chi connectivity index (χ1n) is 5.86. The van der Waals surface area contributed by atoms with Gasteiger partial charge in [0, 0.05) is 18.2 Å². The summed E-state index contributed by atoms with van der Waals surface area (Å²) in [5, 5.41) is 0. The van der Waals surface area contributed by atoms with E-state index in [4.69, 9.17) is 15.2 Å². The molecule has 0 amide bonds. The standard InChI is InChI=1S/C14H12F3NO2/c1-2-19-12-7-14(11(18)6-10(12)17)20-13-5-8(15)3-4-9(13)16/h3-7H,2,18H2,1H3. The maximum Gasteiger partial charge on any atom is 0.167 e. The van der Waals surface area contributed by atoms with Crippen LogP contribution in [0.1, 0.15) is 6.92 Å². The predicted molar refractivity (Wildman–Crippen MR) is 68.4 cm³/mol. The van der Waals surface area contributed by atoms with Crippen LogP contribution in [0, 0.1) is 17.5 Å². The van der Waals surface area contributed by atoms with E-state index in [1.165, 1.54) is 6.07 Å². The highest BCUT2D eigenvalue weighted by Crippen LogP contribution is 2.34. The smallest absolute Gasteiger partial charge is 0.167 e. The van der Waals surface area contributed by atoms with Crippen LogP contribution in [0.3, 0.4) is 0 Å². The number of hydrogen-bond donors (Lipinski definition) is 1. The van der Waals surface area contributed by atoms with Crippen LogP contribution in [0.15, 0.2) is 30.3 Å². The summed E-state index contributed by atoms with van der Waals surface area (Å²) in [5.41, 5.74) is 5.54. The van der Waals surface area contributed by atoms with Crippen LogP contribution in [0.4, 0.5) is 18.9 Å². The van der Waals surface area contributed by atoms with Crippen molar-refractivity contribution in [3.63, 3.8) is 0 Å². The first kappa shape index (κ1) is 14.0.